The molecule has 0 atom stereocenters. The number of hydrogen-bond acceptors (Lipinski definition) is 2. The van der Waals surface area contributed by atoms with E-state index in [1.807, 2.05) is 13.0 Å². The molecule has 0 heterocycles. The van der Waals surface area contributed by atoms with Crippen LogP contribution in [0.5, 0.6) is 5.75 Å². The third kappa shape index (κ3) is 4.63. The second kappa shape index (κ2) is 7.48. The van der Waals surface area contributed by atoms with E-state index in [0.717, 1.165) is 30.6 Å². The molecule has 0 saturated heterocycles. The zero-order chi connectivity index (χ0) is 15.1. The van der Waals surface area contributed by atoms with Crippen molar-refractivity contribution < 1.29 is 14.6 Å². The third-order valence-corrected chi connectivity index (χ3v) is 3.38. The Bertz CT molecular complexity index is 591. The second-order valence-corrected chi connectivity index (χ2v) is 5.08. The topological polar surface area (TPSA) is 46.5 Å². The SMILES string of the molecule is Cc1cc(C(=O)O)ccc1OCCCCc1ccccc1. The summed E-state index contributed by atoms with van der Waals surface area (Å²) >= 11 is 0. The molecule has 3 nitrogen and oxygen atoms in total. The highest BCUT2D eigenvalue weighted by Crippen LogP contribution is 2.19. The summed E-state index contributed by atoms with van der Waals surface area (Å²) < 4.78 is 5.72. The number of carboxylic acids is 1. The monoisotopic (exact) mass is 284 g/mol. The molecule has 0 unspecified atom stereocenters. The molecule has 1 N–H and O–H groups in total. The molecule has 3 heteroatoms. The lowest BCUT2D eigenvalue weighted by atomic mass is 10.1. The quantitative estimate of drug-likeness (QED) is 0.779. The van der Waals surface area contributed by atoms with Gasteiger partial charge in [-0.2, -0.15) is 0 Å². The van der Waals surface area contributed by atoms with E-state index in [-0.39, 0.29) is 0 Å². The minimum Gasteiger partial charge on any atom is -0.493 e. The molecule has 0 aromatic heterocycles. The molecular weight excluding hydrogens is 264 g/mol. The van der Waals surface area contributed by atoms with Crippen LogP contribution in [0.3, 0.4) is 0 Å². The van der Waals surface area contributed by atoms with E-state index in [4.69, 9.17) is 9.84 Å². The van der Waals surface area contributed by atoms with Crippen LogP contribution in [-0.4, -0.2) is 17.7 Å². The molecule has 0 spiro atoms. The van der Waals surface area contributed by atoms with Crippen LogP contribution in [0.25, 0.3) is 0 Å². The van der Waals surface area contributed by atoms with Gasteiger partial charge in [0, 0.05) is 0 Å². The normalized spacial score (nSPS) is 10.3. The van der Waals surface area contributed by atoms with Crippen LogP contribution in [0.15, 0.2) is 48.5 Å². The van der Waals surface area contributed by atoms with Gasteiger partial charge in [-0.1, -0.05) is 30.3 Å². The lowest BCUT2D eigenvalue weighted by Gasteiger charge is -2.09. The van der Waals surface area contributed by atoms with Crippen LogP contribution in [0, 0.1) is 6.92 Å². The summed E-state index contributed by atoms with van der Waals surface area (Å²) in [6, 6.07) is 15.4. The molecule has 0 saturated carbocycles. The van der Waals surface area contributed by atoms with Crippen molar-refractivity contribution in [2.45, 2.75) is 26.2 Å². The summed E-state index contributed by atoms with van der Waals surface area (Å²) in [5.41, 5.74) is 2.50. The highest BCUT2D eigenvalue weighted by molar-refractivity contribution is 5.88. The van der Waals surface area contributed by atoms with Crippen molar-refractivity contribution in [2.24, 2.45) is 0 Å². The van der Waals surface area contributed by atoms with Gasteiger partial charge in [0.25, 0.3) is 0 Å². The summed E-state index contributed by atoms with van der Waals surface area (Å²) in [4.78, 5) is 10.9. The van der Waals surface area contributed by atoms with Gasteiger partial charge in [-0.25, -0.2) is 4.79 Å². The number of hydrogen-bond donors (Lipinski definition) is 1. The molecule has 21 heavy (non-hydrogen) atoms. The van der Waals surface area contributed by atoms with Crippen molar-refractivity contribution in [1.29, 1.82) is 0 Å². The number of carbonyl (C=O) groups is 1. The van der Waals surface area contributed by atoms with E-state index in [0.29, 0.717) is 12.2 Å². The van der Waals surface area contributed by atoms with Crippen molar-refractivity contribution in [3.8, 4) is 5.75 Å². The summed E-state index contributed by atoms with van der Waals surface area (Å²) in [7, 11) is 0. The van der Waals surface area contributed by atoms with Crippen molar-refractivity contribution in [2.75, 3.05) is 6.61 Å². The van der Waals surface area contributed by atoms with Crippen molar-refractivity contribution in [3.63, 3.8) is 0 Å². The van der Waals surface area contributed by atoms with Crippen LogP contribution >= 0.6 is 0 Å². The number of ether oxygens (including phenoxy) is 1. The van der Waals surface area contributed by atoms with E-state index in [1.165, 1.54) is 5.56 Å². The Labute approximate surface area is 125 Å². The predicted molar refractivity (Wildman–Crippen MR) is 83.0 cm³/mol. The summed E-state index contributed by atoms with van der Waals surface area (Å²) in [5.74, 6) is -0.146. The Kier molecular flexibility index (Phi) is 5.38. The van der Waals surface area contributed by atoms with E-state index in [1.54, 1.807) is 18.2 Å². The Morgan fingerprint density at radius 1 is 1.10 bits per heavy atom. The largest absolute Gasteiger partial charge is 0.493 e. The standard InChI is InChI=1S/C18H20O3/c1-14-13-16(18(19)20)10-11-17(14)21-12-6-5-9-15-7-3-2-4-8-15/h2-4,7-8,10-11,13H,5-6,9,12H2,1H3,(H,19,20). The molecule has 2 aromatic rings. The highest BCUT2D eigenvalue weighted by atomic mass is 16.5. The maximum atomic E-state index is 10.9. The van der Waals surface area contributed by atoms with Crippen molar-refractivity contribution in [1.82, 2.24) is 0 Å². The molecule has 2 aromatic carbocycles. The molecule has 0 bridgehead atoms. The summed E-state index contributed by atoms with van der Waals surface area (Å²) in [6.45, 7) is 2.52. The van der Waals surface area contributed by atoms with Gasteiger partial charge in [0.2, 0.25) is 0 Å². The Morgan fingerprint density at radius 3 is 2.52 bits per heavy atom. The molecule has 0 aliphatic heterocycles. The van der Waals surface area contributed by atoms with Crippen LogP contribution in [-0.2, 0) is 6.42 Å². The molecule has 2 rings (SSSR count). The van der Waals surface area contributed by atoms with E-state index in [2.05, 4.69) is 24.3 Å². The molecule has 0 radical (unpaired) electrons. The molecule has 0 aliphatic rings. The van der Waals surface area contributed by atoms with Crippen molar-refractivity contribution >= 4 is 5.97 Å². The molecule has 0 fully saturated rings. The minimum absolute atomic E-state index is 0.295. The maximum absolute atomic E-state index is 10.9. The average Bonchev–Trinajstić information content (AvgIpc) is 2.49. The number of aromatic carboxylic acids is 1. The number of benzene rings is 2. The maximum Gasteiger partial charge on any atom is 0.335 e. The number of unbranched alkanes of at least 4 members (excludes halogenated alkanes) is 1. The molecule has 110 valence electrons. The zero-order valence-corrected chi connectivity index (χ0v) is 12.2. The second-order valence-electron chi connectivity index (χ2n) is 5.08. The predicted octanol–water partition coefficient (Wildman–Crippen LogP) is 4.09. The molecule has 0 aliphatic carbocycles. The van der Waals surface area contributed by atoms with Gasteiger partial charge in [0.05, 0.1) is 12.2 Å². The van der Waals surface area contributed by atoms with Gasteiger partial charge < -0.3 is 9.84 Å². The first kappa shape index (κ1) is 15.1. The fraction of sp³-hybridized carbons (Fsp3) is 0.278. The summed E-state index contributed by atoms with van der Waals surface area (Å²) in [6.07, 6.45) is 3.12. The fourth-order valence-electron chi connectivity index (χ4n) is 2.20. The summed E-state index contributed by atoms with van der Waals surface area (Å²) in [5, 5.41) is 8.91. The zero-order valence-electron chi connectivity index (χ0n) is 12.2. The van der Waals surface area contributed by atoms with E-state index >= 15 is 0 Å². The van der Waals surface area contributed by atoms with E-state index < -0.39 is 5.97 Å². The Hall–Kier alpha value is -2.29. The Morgan fingerprint density at radius 2 is 1.86 bits per heavy atom. The molecular formula is C18H20O3. The number of rotatable bonds is 7. The lowest BCUT2D eigenvalue weighted by molar-refractivity contribution is 0.0696. The lowest BCUT2D eigenvalue weighted by Crippen LogP contribution is -2.02. The van der Waals surface area contributed by atoms with Crippen LogP contribution in [0.2, 0.25) is 0 Å². The smallest absolute Gasteiger partial charge is 0.335 e. The van der Waals surface area contributed by atoms with Gasteiger partial charge in [-0.3, -0.25) is 0 Å². The Balaban J connectivity index is 1.75. The van der Waals surface area contributed by atoms with Gasteiger partial charge in [-0.15, -0.1) is 0 Å². The first-order valence-electron chi connectivity index (χ1n) is 7.17. The van der Waals surface area contributed by atoms with Crippen LogP contribution in [0.1, 0.15) is 34.3 Å². The highest BCUT2D eigenvalue weighted by Gasteiger charge is 2.06. The van der Waals surface area contributed by atoms with Crippen LogP contribution in [0.4, 0.5) is 0 Å². The first-order valence-corrected chi connectivity index (χ1v) is 7.17. The van der Waals surface area contributed by atoms with E-state index in [9.17, 15) is 4.79 Å². The van der Waals surface area contributed by atoms with Gasteiger partial charge in [-0.05, 0) is 55.5 Å². The van der Waals surface area contributed by atoms with Crippen LogP contribution < -0.4 is 4.74 Å². The molecule has 0 amide bonds. The van der Waals surface area contributed by atoms with Gasteiger partial charge in [0.1, 0.15) is 5.75 Å². The number of aryl methyl sites for hydroxylation is 2. The van der Waals surface area contributed by atoms with Crippen molar-refractivity contribution in [3.05, 3.63) is 65.2 Å². The first-order chi connectivity index (χ1) is 10.2. The third-order valence-electron chi connectivity index (χ3n) is 3.38. The average molecular weight is 284 g/mol. The van der Waals surface area contributed by atoms with Gasteiger partial charge >= 0.3 is 5.97 Å². The fourth-order valence-corrected chi connectivity index (χ4v) is 2.20. The van der Waals surface area contributed by atoms with Gasteiger partial charge in [0.15, 0.2) is 0 Å². The minimum atomic E-state index is -0.910. The number of carboxylic acid groups (broad SMARTS) is 1.